The number of benzene rings is 1. The van der Waals surface area contributed by atoms with E-state index < -0.39 is 11.6 Å². The van der Waals surface area contributed by atoms with Gasteiger partial charge in [0, 0.05) is 6.04 Å². The third-order valence-electron chi connectivity index (χ3n) is 2.99. The quantitative estimate of drug-likeness (QED) is 0.848. The van der Waals surface area contributed by atoms with E-state index >= 15 is 0 Å². The number of nitrogens with two attached hydrogens (primary N) is 1. The van der Waals surface area contributed by atoms with Crippen LogP contribution in [-0.2, 0) is 6.42 Å². The lowest BCUT2D eigenvalue weighted by atomic mass is 9.99. The van der Waals surface area contributed by atoms with Gasteiger partial charge in [-0.15, -0.1) is 0 Å². The summed E-state index contributed by atoms with van der Waals surface area (Å²) in [5.74, 6) is -1.53. The lowest BCUT2D eigenvalue weighted by Gasteiger charge is -2.15. The van der Waals surface area contributed by atoms with Crippen molar-refractivity contribution in [1.29, 1.82) is 0 Å². The van der Waals surface area contributed by atoms with Crippen molar-refractivity contribution in [2.45, 2.75) is 46.1 Å². The zero-order valence-electron chi connectivity index (χ0n) is 11.2. The Morgan fingerprint density at radius 1 is 1.33 bits per heavy atom. The van der Waals surface area contributed by atoms with Gasteiger partial charge in [-0.3, -0.25) is 0 Å². The molecule has 2 N–H and O–H groups in total. The van der Waals surface area contributed by atoms with Crippen molar-refractivity contribution < 1.29 is 13.5 Å². The molecule has 0 aliphatic rings. The predicted octanol–water partition coefficient (Wildman–Crippen LogP) is 3.34. The van der Waals surface area contributed by atoms with Crippen LogP contribution in [0.5, 0.6) is 5.75 Å². The number of hydrogen-bond donors (Lipinski definition) is 1. The molecule has 1 rings (SSSR count). The fourth-order valence-electron chi connectivity index (χ4n) is 1.72. The molecule has 2 nitrogen and oxygen atoms in total. The first-order valence-electron chi connectivity index (χ1n) is 6.37. The number of rotatable bonds is 6. The van der Waals surface area contributed by atoms with Gasteiger partial charge >= 0.3 is 0 Å². The van der Waals surface area contributed by atoms with Crippen molar-refractivity contribution in [3.05, 3.63) is 28.8 Å². The van der Waals surface area contributed by atoms with Crippen molar-refractivity contribution in [3.63, 3.8) is 0 Å². The summed E-state index contributed by atoms with van der Waals surface area (Å²) in [6.07, 6.45) is 1.96. The lowest BCUT2D eigenvalue weighted by molar-refractivity contribution is 0.283. The number of halogens is 2. The Morgan fingerprint density at radius 3 is 2.56 bits per heavy atom. The molecule has 102 valence electrons. The molecule has 0 heterocycles. The molecule has 0 radical (unpaired) electrons. The van der Waals surface area contributed by atoms with Crippen molar-refractivity contribution in [2.75, 3.05) is 6.61 Å². The van der Waals surface area contributed by atoms with E-state index in [9.17, 15) is 8.78 Å². The largest absolute Gasteiger partial charge is 0.488 e. The highest BCUT2D eigenvalue weighted by atomic mass is 19.1. The highest BCUT2D eigenvalue weighted by Gasteiger charge is 2.18. The molecule has 0 saturated carbocycles. The van der Waals surface area contributed by atoms with Crippen LogP contribution in [0.4, 0.5) is 8.78 Å². The molecule has 0 spiro atoms. The highest BCUT2D eigenvalue weighted by molar-refractivity contribution is 5.38. The number of hydrogen-bond acceptors (Lipinski definition) is 2. The molecule has 0 aliphatic carbocycles. The Labute approximate surface area is 107 Å². The first-order chi connectivity index (χ1) is 8.51. The van der Waals surface area contributed by atoms with Gasteiger partial charge in [0.25, 0.3) is 0 Å². The highest BCUT2D eigenvalue weighted by Crippen LogP contribution is 2.28. The van der Waals surface area contributed by atoms with Gasteiger partial charge in [0.15, 0.2) is 17.4 Å². The van der Waals surface area contributed by atoms with Crippen LogP contribution < -0.4 is 10.5 Å². The maximum atomic E-state index is 14.0. The molecule has 1 aromatic carbocycles. The van der Waals surface area contributed by atoms with Crippen molar-refractivity contribution in [3.8, 4) is 5.75 Å². The van der Waals surface area contributed by atoms with Gasteiger partial charge in [-0.25, -0.2) is 8.78 Å². The lowest BCUT2D eigenvalue weighted by Crippen LogP contribution is -2.22. The summed E-state index contributed by atoms with van der Waals surface area (Å²) in [6, 6.07) is 1.25. The summed E-state index contributed by atoms with van der Waals surface area (Å²) in [7, 11) is 0. The van der Waals surface area contributed by atoms with E-state index in [4.69, 9.17) is 10.5 Å². The molecule has 1 atom stereocenters. The summed E-state index contributed by atoms with van der Waals surface area (Å²) in [5.41, 5.74) is 6.85. The average molecular weight is 257 g/mol. The van der Waals surface area contributed by atoms with E-state index in [1.807, 2.05) is 13.8 Å². The summed E-state index contributed by atoms with van der Waals surface area (Å²) in [4.78, 5) is 0. The Balaban J connectivity index is 3.03. The fourth-order valence-corrected chi connectivity index (χ4v) is 1.72. The minimum atomic E-state index is -0.648. The molecule has 1 unspecified atom stereocenters. The van der Waals surface area contributed by atoms with Crippen molar-refractivity contribution >= 4 is 0 Å². The molecule has 0 aliphatic heterocycles. The van der Waals surface area contributed by atoms with Crippen molar-refractivity contribution in [2.24, 2.45) is 5.73 Å². The van der Waals surface area contributed by atoms with Gasteiger partial charge in [0.05, 0.1) is 6.61 Å². The topological polar surface area (TPSA) is 35.2 Å². The second-order valence-electron chi connectivity index (χ2n) is 4.51. The minimum Gasteiger partial charge on any atom is -0.488 e. The molecule has 0 aromatic heterocycles. The standard InChI is InChI=1S/C14H21F2NO/c1-4-6-18-14-12(15)8-10(7-11(17)5-2)9(3)13(14)16/h8,11H,4-7,17H2,1-3H3. The van der Waals surface area contributed by atoms with Crippen LogP contribution in [0.3, 0.4) is 0 Å². The first kappa shape index (κ1) is 14.9. The monoisotopic (exact) mass is 257 g/mol. The Hall–Kier alpha value is -1.16. The van der Waals surface area contributed by atoms with Gasteiger partial charge in [-0.05, 0) is 43.4 Å². The van der Waals surface area contributed by atoms with E-state index in [1.54, 1.807) is 6.92 Å². The summed E-state index contributed by atoms with van der Waals surface area (Å²) in [6.45, 7) is 5.77. The van der Waals surface area contributed by atoms with E-state index in [0.29, 0.717) is 30.6 Å². The maximum absolute atomic E-state index is 14.0. The maximum Gasteiger partial charge on any atom is 0.190 e. The van der Waals surface area contributed by atoms with Crippen LogP contribution in [-0.4, -0.2) is 12.6 Å². The van der Waals surface area contributed by atoms with Crippen molar-refractivity contribution in [1.82, 2.24) is 0 Å². The second-order valence-corrected chi connectivity index (χ2v) is 4.51. The third kappa shape index (κ3) is 3.42. The predicted molar refractivity (Wildman–Crippen MR) is 68.9 cm³/mol. The summed E-state index contributed by atoms with van der Waals surface area (Å²) < 4.78 is 32.9. The molecule has 0 fully saturated rings. The van der Waals surface area contributed by atoms with Crippen LogP contribution >= 0.6 is 0 Å². The van der Waals surface area contributed by atoms with E-state index in [1.165, 1.54) is 6.07 Å². The molecular formula is C14H21F2NO. The second kappa shape index (κ2) is 6.69. The molecular weight excluding hydrogens is 236 g/mol. The zero-order chi connectivity index (χ0) is 13.7. The molecule has 18 heavy (non-hydrogen) atoms. The SMILES string of the molecule is CCCOc1c(F)cc(CC(N)CC)c(C)c1F. The molecule has 0 amide bonds. The van der Waals surface area contributed by atoms with Crippen LogP contribution in [0.25, 0.3) is 0 Å². The molecule has 0 bridgehead atoms. The Bertz CT molecular complexity index is 407. The van der Waals surface area contributed by atoms with Gasteiger partial charge in [0.1, 0.15) is 0 Å². The van der Waals surface area contributed by atoms with Gasteiger partial charge in [0.2, 0.25) is 0 Å². The van der Waals surface area contributed by atoms with Gasteiger partial charge in [-0.1, -0.05) is 13.8 Å². The zero-order valence-corrected chi connectivity index (χ0v) is 11.2. The fraction of sp³-hybridized carbons (Fsp3) is 0.571. The van der Waals surface area contributed by atoms with Gasteiger partial charge < -0.3 is 10.5 Å². The first-order valence-corrected chi connectivity index (χ1v) is 6.37. The summed E-state index contributed by atoms with van der Waals surface area (Å²) in [5, 5.41) is 0. The van der Waals surface area contributed by atoms with Crippen LogP contribution in [0.1, 0.15) is 37.8 Å². The molecule has 4 heteroatoms. The normalized spacial score (nSPS) is 12.6. The van der Waals surface area contributed by atoms with Crippen LogP contribution in [0.2, 0.25) is 0 Å². The van der Waals surface area contributed by atoms with Gasteiger partial charge in [-0.2, -0.15) is 0 Å². The Kier molecular flexibility index (Phi) is 5.54. The number of ether oxygens (including phenoxy) is 1. The van der Waals surface area contributed by atoms with E-state index in [-0.39, 0.29) is 11.8 Å². The molecule has 0 saturated heterocycles. The van der Waals surface area contributed by atoms with E-state index in [2.05, 4.69) is 0 Å². The van der Waals surface area contributed by atoms with Crippen LogP contribution in [0.15, 0.2) is 6.07 Å². The smallest absolute Gasteiger partial charge is 0.190 e. The summed E-state index contributed by atoms with van der Waals surface area (Å²) >= 11 is 0. The Morgan fingerprint density at radius 2 is 2.00 bits per heavy atom. The minimum absolute atomic E-state index is 0.0788. The van der Waals surface area contributed by atoms with Crippen LogP contribution in [0, 0.1) is 18.6 Å². The third-order valence-corrected chi connectivity index (χ3v) is 2.99. The average Bonchev–Trinajstić information content (AvgIpc) is 2.35. The van der Waals surface area contributed by atoms with E-state index in [0.717, 1.165) is 6.42 Å². The molecule has 1 aromatic rings.